The molecule has 15 rings (SSSR count). The Labute approximate surface area is 403 Å². The van der Waals surface area contributed by atoms with Gasteiger partial charge in [-0.05, 0) is 0 Å². The van der Waals surface area contributed by atoms with E-state index >= 15 is 0 Å². The Morgan fingerprint density at radius 1 is 0.318 bits per heavy atom. The zero-order chi connectivity index (χ0) is 45.9. The van der Waals surface area contributed by atoms with Crippen molar-refractivity contribution in [2.45, 2.75) is 181 Å². The Morgan fingerprint density at radius 2 is 0.576 bits per heavy atom. The summed E-state index contributed by atoms with van der Waals surface area (Å²) in [6.07, 6.45) is 7.38. The van der Waals surface area contributed by atoms with Crippen LogP contribution in [-0.4, -0.2) is 15.4 Å². The third-order valence-electron chi connectivity index (χ3n) is 20.0. The van der Waals surface area contributed by atoms with Crippen LogP contribution in [0.5, 0.6) is 0 Å². The van der Waals surface area contributed by atoms with Crippen molar-refractivity contribution in [2.24, 2.45) is 0 Å². The summed E-state index contributed by atoms with van der Waals surface area (Å²) in [5.41, 5.74) is 29.3. The number of hydrogen-bond acceptors (Lipinski definition) is 0. The molecule has 0 unspecified atom stereocenters. The van der Waals surface area contributed by atoms with Crippen LogP contribution in [0.1, 0.15) is 234 Å². The average Bonchev–Trinajstić information content (AvgIpc) is 3.29. The summed E-state index contributed by atoms with van der Waals surface area (Å²) in [4.78, 5) is 0. The van der Waals surface area contributed by atoms with Gasteiger partial charge in [-0.1, -0.05) is 0 Å². The number of benzene rings is 6. The van der Waals surface area contributed by atoms with Crippen molar-refractivity contribution in [3.8, 4) is 0 Å². The van der Waals surface area contributed by atoms with Crippen LogP contribution in [-0.2, 0) is 42.2 Å². The van der Waals surface area contributed by atoms with Gasteiger partial charge in [0.1, 0.15) is 0 Å². The molecule has 0 saturated heterocycles. The van der Waals surface area contributed by atoms with Gasteiger partial charge in [-0.2, -0.15) is 0 Å². The van der Waals surface area contributed by atoms with Gasteiger partial charge in [0.05, 0.1) is 0 Å². The van der Waals surface area contributed by atoms with Crippen LogP contribution in [0.25, 0.3) is 0 Å². The standard InChI is InChI=1S/C65H70Ge/c1-58(2)25-28-61(7,8)53-34-47-41(31-50(53)58)57-42-32-51-54(62(9,10)29-26-59(51,3)4)35-48(42)64(47,49-36-55-52(33-43(49)57)60(5,6)27-30-63(55,11)12)37-66-65-44-22-16-13-19-38(44)56(39-20-14-17-23-45(39)65)40-21-15-18-24-46(40)65/h13-24,31-36,56-57H,25-30,37H2,1-12H3. The molecule has 0 amide bonds. The van der Waals surface area contributed by atoms with Gasteiger partial charge in [-0.15, -0.1) is 0 Å². The molecule has 0 heterocycles. The zero-order valence-corrected chi connectivity index (χ0v) is 44.1. The summed E-state index contributed by atoms with van der Waals surface area (Å²) in [7, 11) is 0. The minimum absolute atomic E-state index is 0.112. The molecule has 6 aromatic rings. The van der Waals surface area contributed by atoms with Crippen molar-refractivity contribution in [3.05, 3.63) is 209 Å². The molecule has 9 aliphatic carbocycles. The van der Waals surface area contributed by atoms with Crippen LogP contribution in [0.15, 0.2) is 109 Å². The van der Waals surface area contributed by atoms with E-state index in [4.69, 9.17) is 0 Å². The molecule has 0 atom stereocenters. The van der Waals surface area contributed by atoms with Gasteiger partial charge in [0.25, 0.3) is 0 Å². The Morgan fingerprint density at radius 3 is 0.879 bits per heavy atom. The van der Waals surface area contributed by atoms with Gasteiger partial charge in [0.15, 0.2) is 0 Å². The van der Waals surface area contributed by atoms with E-state index in [2.05, 4.69) is 192 Å². The van der Waals surface area contributed by atoms with Crippen molar-refractivity contribution in [3.63, 3.8) is 0 Å². The van der Waals surface area contributed by atoms with E-state index in [9.17, 15) is 0 Å². The van der Waals surface area contributed by atoms with Crippen molar-refractivity contribution in [1.29, 1.82) is 0 Å². The van der Waals surface area contributed by atoms with Gasteiger partial charge in [-0.3, -0.25) is 0 Å². The normalized spacial score (nSPS) is 28.0. The quantitative estimate of drug-likeness (QED) is 0.155. The maximum atomic E-state index is 2.87. The SMILES string of the molecule is CC1(C)CCC(C)(C)c2cc3c(cc21)C1c2cc4c(cc2C3([CH2][Ge][C]23c5ccccc5C(c5ccccc52)c2ccccc23)c2cc3c(cc21)C(C)(C)CCC3(C)C)C(C)(C)CCC4(C)C. The third kappa shape index (κ3) is 5.14. The van der Waals surface area contributed by atoms with Crippen molar-refractivity contribution in [1.82, 2.24) is 0 Å². The van der Waals surface area contributed by atoms with E-state index in [1.54, 1.807) is 100 Å². The fourth-order valence-electron chi connectivity index (χ4n) is 15.7. The molecule has 0 nitrogen and oxygen atoms in total. The first-order valence-electron chi connectivity index (χ1n) is 25.8. The molecule has 66 heavy (non-hydrogen) atoms. The van der Waals surface area contributed by atoms with Crippen LogP contribution in [0.3, 0.4) is 0 Å². The van der Waals surface area contributed by atoms with Crippen LogP contribution in [0.4, 0.5) is 0 Å². The molecule has 4 bridgehead atoms. The van der Waals surface area contributed by atoms with E-state index in [0.29, 0.717) is 5.92 Å². The maximum absolute atomic E-state index is 2.87. The molecule has 6 aromatic carbocycles. The van der Waals surface area contributed by atoms with E-state index in [1.807, 2.05) is 0 Å². The first-order chi connectivity index (χ1) is 31.1. The number of hydrogen-bond donors (Lipinski definition) is 0. The van der Waals surface area contributed by atoms with Crippen molar-refractivity contribution >= 4 is 15.4 Å². The van der Waals surface area contributed by atoms with Gasteiger partial charge in [0.2, 0.25) is 0 Å². The second-order valence-electron chi connectivity index (χ2n) is 26.4. The minimum atomic E-state index is -0.837. The summed E-state index contributed by atoms with van der Waals surface area (Å²) < 4.78 is -0.150. The first kappa shape index (κ1) is 42.0. The fraction of sp³-hybridized carbons (Fsp3) is 0.446. The van der Waals surface area contributed by atoms with Crippen LogP contribution >= 0.6 is 0 Å². The molecule has 0 saturated carbocycles. The Kier molecular flexibility index (Phi) is 8.23. The predicted molar refractivity (Wildman–Crippen MR) is 277 cm³/mol. The van der Waals surface area contributed by atoms with Crippen molar-refractivity contribution in [2.75, 3.05) is 0 Å². The predicted octanol–water partition coefficient (Wildman–Crippen LogP) is 15.8. The van der Waals surface area contributed by atoms with Gasteiger partial charge < -0.3 is 0 Å². The van der Waals surface area contributed by atoms with Crippen molar-refractivity contribution < 1.29 is 0 Å². The molecule has 0 spiro atoms. The van der Waals surface area contributed by atoms with Crippen LogP contribution < -0.4 is 0 Å². The zero-order valence-electron chi connectivity index (χ0n) is 42.0. The molecule has 2 radical (unpaired) electrons. The Hall–Kier alpha value is -4.14. The fourth-order valence-corrected chi connectivity index (χ4v) is 20.6. The molecule has 0 N–H and O–H groups in total. The summed E-state index contributed by atoms with van der Waals surface area (Å²) in [5.74, 6) is 0.514. The molecule has 9 aliphatic rings. The topological polar surface area (TPSA) is 0 Å². The second kappa shape index (κ2) is 12.9. The van der Waals surface area contributed by atoms with E-state index in [-0.39, 0.29) is 48.1 Å². The summed E-state index contributed by atoms with van der Waals surface area (Å²) in [6.45, 7) is 30.6. The summed E-state index contributed by atoms with van der Waals surface area (Å²) >= 11 is -0.837. The van der Waals surface area contributed by atoms with Gasteiger partial charge in [-0.25, -0.2) is 0 Å². The van der Waals surface area contributed by atoms with E-state index in [1.165, 1.54) is 38.5 Å². The molecule has 1 heteroatoms. The molecule has 0 aromatic heterocycles. The summed E-state index contributed by atoms with van der Waals surface area (Å²) in [6, 6.07) is 46.2. The molecule has 0 aliphatic heterocycles. The average molecular weight is 924 g/mol. The van der Waals surface area contributed by atoms with E-state index in [0.717, 1.165) is 5.25 Å². The second-order valence-corrected chi connectivity index (χ2v) is 29.5. The van der Waals surface area contributed by atoms with Gasteiger partial charge >= 0.3 is 406 Å². The molecule has 0 fully saturated rings. The molecule has 334 valence electrons. The Bertz CT molecular complexity index is 2790. The summed E-state index contributed by atoms with van der Waals surface area (Å²) in [5, 5.41) is 1.15. The number of rotatable bonds is 3. The van der Waals surface area contributed by atoms with Gasteiger partial charge in [0, 0.05) is 0 Å². The van der Waals surface area contributed by atoms with Crippen LogP contribution in [0.2, 0.25) is 5.25 Å². The van der Waals surface area contributed by atoms with E-state index < -0.39 is 15.4 Å². The number of fused-ring (bicyclic) bond motifs is 3. The Balaban J connectivity index is 1.18. The third-order valence-corrected chi connectivity index (χ3v) is 24.3. The monoisotopic (exact) mass is 924 g/mol. The first-order valence-corrected chi connectivity index (χ1v) is 28.3. The molecular weight excluding hydrogens is 853 g/mol. The van der Waals surface area contributed by atoms with Crippen LogP contribution in [0, 0.1) is 0 Å². The molecular formula is C65H70Ge.